The van der Waals surface area contributed by atoms with Crippen LogP contribution in [0.3, 0.4) is 0 Å². The lowest BCUT2D eigenvalue weighted by Gasteiger charge is -2.11. The summed E-state index contributed by atoms with van der Waals surface area (Å²) in [5.74, 6) is -0.168. The molecule has 0 aromatic rings. The Bertz CT molecular complexity index is 126. The molecule has 0 radical (unpaired) electrons. The van der Waals surface area contributed by atoms with Crippen molar-refractivity contribution in [3.8, 4) is 0 Å². The van der Waals surface area contributed by atoms with Crippen LogP contribution in [0.5, 0.6) is 0 Å². The summed E-state index contributed by atoms with van der Waals surface area (Å²) in [7, 11) is 0. The molecule has 72 valence electrons. The fourth-order valence-corrected chi connectivity index (χ4v) is 1.13. The number of ether oxygens (including phenoxy) is 1. The van der Waals surface area contributed by atoms with Gasteiger partial charge in [0.1, 0.15) is 5.33 Å². The second-order valence-corrected chi connectivity index (χ2v) is 3.49. The number of rotatable bonds is 6. The fourth-order valence-electron chi connectivity index (χ4n) is 0.997. The van der Waals surface area contributed by atoms with E-state index in [0.29, 0.717) is 5.33 Å². The normalized spacial score (nSPS) is 12.6. The van der Waals surface area contributed by atoms with Gasteiger partial charge in [0.15, 0.2) is 0 Å². The third-order valence-corrected chi connectivity index (χ3v) is 2.11. The zero-order valence-electron chi connectivity index (χ0n) is 7.81. The molecule has 0 N–H and O–H groups in total. The second-order valence-electron chi connectivity index (χ2n) is 2.93. The Morgan fingerprint density at radius 2 is 2.17 bits per heavy atom. The molecular formula is C9H17BrO2. The molecule has 0 amide bonds. The standard InChI is InChI=1S/C9H17BrO2/c1-3-4-5-6-8(2)12-9(11)7-10/h8H,3-7H2,1-2H3/t8-/m1/s1. The number of carbonyl (C=O) groups excluding carboxylic acids is 1. The van der Waals surface area contributed by atoms with Crippen LogP contribution in [0.25, 0.3) is 0 Å². The van der Waals surface area contributed by atoms with Crippen LogP contribution in [0.1, 0.15) is 39.5 Å². The number of halogens is 1. The highest BCUT2D eigenvalue weighted by Crippen LogP contribution is 2.06. The lowest BCUT2D eigenvalue weighted by molar-refractivity contribution is -0.145. The lowest BCUT2D eigenvalue weighted by Crippen LogP contribution is -2.15. The summed E-state index contributed by atoms with van der Waals surface area (Å²) in [6, 6.07) is 0. The van der Waals surface area contributed by atoms with Crippen molar-refractivity contribution in [1.29, 1.82) is 0 Å². The van der Waals surface area contributed by atoms with E-state index in [4.69, 9.17) is 4.74 Å². The van der Waals surface area contributed by atoms with Crippen molar-refractivity contribution in [2.24, 2.45) is 0 Å². The first-order valence-corrected chi connectivity index (χ1v) is 5.58. The summed E-state index contributed by atoms with van der Waals surface area (Å²) >= 11 is 3.05. The minimum Gasteiger partial charge on any atom is -0.462 e. The maximum Gasteiger partial charge on any atom is 0.316 e. The van der Waals surface area contributed by atoms with Gasteiger partial charge in [-0.3, -0.25) is 4.79 Å². The molecular weight excluding hydrogens is 220 g/mol. The van der Waals surface area contributed by atoms with Gasteiger partial charge in [-0.05, 0) is 19.8 Å². The van der Waals surface area contributed by atoms with E-state index in [1.54, 1.807) is 0 Å². The molecule has 0 fully saturated rings. The first kappa shape index (κ1) is 11.9. The largest absolute Gasteiger partial charge is 0.462 e. The van der Waals surface area contributed by atoms with Gasteiger partial charge in [-0.15, -0.1) is 0 Å². The summed E-state index contributed by atoms with van der Waals surface area (Å²) in [5, 5.41) is 0.297. The minimum absolute atomic E-state index is 0.0709. The minimum atomic E-state index is -0.168. The number of hydrogen-bond acceptors (Lipinski definition) is 2. The molecule has 0 aliphatic rings. The Morgan fingerprint density at radius 3 is 2.67 bits per heavy atom. The molecule has 0 aliphatic carbocycles. The Hall–Kier alpha value is -0.0500. The molecule has 0 aromatic carbocycles. The van der Waals surface area contributed by atoms with Gasteiger partial charge in [0.05, 0.1) is 6.10 Å². The predicted octanol–water partition coefficient (Wildman–Crippen LogP) is 2.89. The van der Waals surface area contributed by atoms with E-state index in [1.807, 2.05) is 6.92 Å². The van der Waals surface area contributed by atoms with E-state index >= 15 is 0 Å². The number of unbranched alkanes of at least 4 members (excludes halogenated alkanes) is 2. The molecule has 3 heteroatoms. The molecule has 0 rings (SSSR count). The highest BCUT2D eigenvalue weighted by Gasteiger charge is 2.06. The zero-order valence-corrected chi connectivity index (χ0v) is 9.39. The lowest BCUT2D eigenvalue weighted by atomic mass is 10.1. The first-order valence-electron chi connectivity index (χ1n) is 4.46. The summed E-state index contributed by atoms with van der Waals surface area (Å²) < 4.78 is 5.06. The van der Waals surface area contributed by atoms with Crippen molar-refractivity contribution < 1.29 is 9.53 Å². The van der Waals surface area contributed by atoms with E-state index in [2.05, 4.69) is 22.9 Å². The van der Waals surface area contributed by atoms with Crippen LogP contribution in [-0.4, -0.2) is 17.4 Å². The van der Waals surface area contributed by atoms with Crippen molar-refractivity contribution in [2.75, 3.05) is 5.33 Å². The number of esters is 1. The molecule has 12 heavy (non-hydrogen) atoms. The molecule has 0 saturated carbocycles. The zero-order chi connectivity index (χ0) is 9.40. The molecule has 0 saturated heterocycles. The van der Waals surface area contributed by atoms with E-state index in [0.717, 1.165) is 12.8 Å². The van der Waals surface area contributed by atoms with Crippen LogP contribution in [-0.2, 0) is 9.53 Å². The first-order chi connectivity index (χ1) is 5.70. The third kappa shape index (κ3) is 6.65. The molecule has 0 aliphatic heterocycles. The molecule has 0 unspecified atom stereocenters. The molecule has 0 bridgehead atoms. The van der Waals surface area contributed by atoms with E-state index in [1.165, 1.54) is 12.8 Å². The summed E-state index contributed by atoms with van der Waals surface area (Å²) in [6.07, 6.45) is 4.62. The van der Waals surface area contributed by atoms with Gasteiger partial charge < -0.3 is 4.74 Å². The smallest absolute Gasteiger partial charge is 0.316 e. The highest BCUT2D eigenvalue weighted by molar-refractivity contribution is 9.09. The molecule has 1 atom stereocenters. The molecule has 0 spiro atoms. The number of alkyl halides is 1. The van der Waals surface area contributed by atoms with E-state index in [9.17, 15) is 4.79 Å². The fraction of sp³-hybridized carbons (Fsp3) is 0.889. The third-order valence-electron chi connectivity index (χ3n) is 1.66. The topological polar surface area (TPSA) is 26.3 Å². The monoisotopic (exact) mass is 236 g/mol. The van der Waals surface area contributed by atoms with Gasteiger partial charge in [-0.2, -0.15) is 0 Å². The van der Waals surface area contributed by atoms with Crippen molar-refractivity contribution >= 4 is 21.9 Å². The molecule has 0 heterocycles. The average molecular weight is 237 g/mol. The van der Waals surface area contributed by atoms with Crippen LogP contribution >= 0.6 is 15.9 Å². The van der Waals surface area contributed by atoms with Crippen molar-refractivity contribution in [3.05, 3.63) is 0 Å². The summed E-state index contributed by atoms with van der Waals surface area (Å²) in [6.45, 7) is 4.10. The van der Waals surface area contributed by atoms with Gasteiger partial charge in [0.25, 0.3) is 0 Å². The van der Waals surface area contributed by atoms with Crippen LogP contribution in [0.4, 0.5) is 0 Å². The Morgan fingerprint density at radius 1 is 1.50 bits per heavy atom. The maximum absolute atomic E-state index is 10.8. The van der Waals surface area contributed by atoms with E-state index in [-0.39, 0.29) is 12.1 Å². The van der Waals surface area contributed by atoms with Gasteiger partial charge in [-0.25, -0.2) is 0 Å². The van der Waals surface area contributed by atoms with Crippen LogP contribution in [0.2, 0.25) is 0 Å². The van der Waals surface area contributed by atoms with Crippen LogP contribution in [0.15, 0.2) is 0 Å². The van der Waals surface area contributed by atoms with Gasteiger partial charge in [0, 0.05) is 0 Å². The average Bonchev–Trinajstić information content (AvgIpc) is 2.05. The quantitative estimate of drug-likeness (QED) is 0.403. The second kappa shape index (κ2) is 7.59. The Labute approximate surface area is 82.8 Å². The van der Waals surface area contributed by atoms with E-state index < -0.39 is 0 Å². The predicted molar refractivity (Wildman–Crippen MR) is 53.5 cm³/mol. The highest BCUT2D eigenvalue weighted by atomic mass is 79.9. The van der Waals surface area contributed by atoms with Crippen LogP contribution in [0, 0.1) is 0 Å². The number of carbonyl (C=O) groups is 1. The van der Waals surface area contributed by atoms with Gasteiger partial charge in [0.2, 0.25) is 0 Å². The Kier molecular flexibility index (Phi) is 7.56. The van der Waals surface area contributed by atoms with Gasteiger partial charge >= 0.3 is 5.97 Å². The van der Waals surface area contributed by atoms with Gasteiger partial charge in [-0.1, -0.05) is 35.7 Å². The molecule has 0 aromatic heterocycles. The van der Waals surface area contributed by atoms with Crippen LogP contribution < -0.4 is 0 Å². The summed E-state index contributed by atoms with van der Waals surface area (Å²) in [5.41, 5.74) is 0. The van der Waals surface area contributed by atoms with Crippen molar-refractivity contribution in [1.82, 2.24) is 0 Å². The summed E-state index contributed by atoms with van der Waals surface area (Å²) in [4.78, 5) is 10.8. The molecule has 2 nitrogen and oxygen atoms in total. The number of hydrogen-bond donors (Lipinski definition) is 0. The Balaban J connectivity index is 3.32. The maximum atomic E-state index is 10.8. The van der Waals surface area contributed by atoms with Crippen molar-refractivity contribution in [3.63, 3.8) is 0 Å². The SMILES string of the molecule is CCCCC[C@@H](C)OC(=O)CBr. The van der Waals surface area contributed by atoms with Crippen molar-refractivity contribution in [2.45, 2.75) is 45.6 Å².